The van der Waals surface area contributed by atoms with Crippen LogP contribution < -0.4 is 4.74 Å². The summed E-state index contributed by atoms with van der Waals surface area (Å²) in [5, 5.41) is 10.7. The molecular weight excluding hydrogens is 266 g/mol. The third-order valence-electron chi connectivity index (χ3n) is 1.68. The molecule has 0 N–H and O–H groups in total. The Balaban J connectivity index is 2.86. The molecule has 0 heterocycles. The molecule has 82 valence electrons. The molecule has 0 saturated carbocycles. The standard InChI is InChI=1S/C9H10BrNO4/c1-14-5-6-15-8-4-2-3-7(10)9(8)11(12)13/h2-4H,5-6H2,1H3. The predicted molar refractivity (Wildman–Crippen MR) is 58.2 cm³/mol. The van der Waals surface area contributed by atoms with E-state index in [4.69, 9.17) is 9.47 Å². The van der Waals surface area contributed by atoms with Crippen molar-refractivity contribution in [3.63, 3.8) is 0 Å². The molecule has 0 aliphatic carbocycles. The monoisotopic (exact) mass is 275 g/mol. The summed E-state index contributed by atoms with van der Waals surface area (Å²) in [7, 11) is 1.54. The Morgan fingerprint density at radius 3 is 2.80 bits per heavy atom. The predicted octanol–water partition coefficient (Wildman–Crippen LogP) is 2.38. The van der Waals surface area contributed by atoms with Crippen LogP contribution in [0, 0.1) is 10.1 Å². The minimum Gasteiger partial charge on any atom is -0.484 e. The van der Waals surface area contributed by atoms with Crippen LogP contribution in [0.1, 0.15) is 0 Å². The van der Waals surface area contributed by atoms with Crippen LogP contribution >= 0.6 is 15.9 Å². The first-order chi connectivity index (χ1) is 7.16. The first-order valence-electron chi connectivity index (χ1n) is 4.21. The summed E-state index contributed by atoms with van der Waals surface area (Å²) >= 11 is 3.10. The van der Waals surface area contributed by atoms with Crippen molar-refractivity contribution in [3.05, 3.63) is 32.8 Å². The highest BCUT2D eigenvalue weighted by Gasteiger charge is 2.18. The van der Waals surface area contributed by atoms with Crippen LogP contribution in [0.4, 0.5) is 5.69 Å². The van der Waals surface area contributed by atoms with E-state index >= 15 is 0 Å². The molecule has 0 atom stereocenters. The number of para-hydroxylation sites is 1. The molecule has 1 aromatic rings. The summed E-state index contributed by atoms with van der Waals surface area (Å²) in [6, 6.07) is 4.83. The fraction of sp³-hybridized carbons (Fsp3) is 0.333. The molecule has 0 fully saturated rings. The number of nitro groups is 1. The van der Waals surface area contributed by atoms with E-state index in [1.165, 1.54) is 0 Å². The van der Waals surface area contributed by atoms with Crippen LogP contribution in [-0.2, 0) is 4.74 Å². The van der Waals surface area contributed by atoms with Crippen LogP contribution in [-0.4, -0.2) is 25.2 Å². The lowest BCUT2D eigenvalue weighted by atomic mass is 10.3. The number of rotatable bonds is 5. The van der Waals surface area contributed by atoms with Crippen LogP contribution in [0.3, 0.4) is 0 Å². The molecule has 0 bridgehead atoms. The molecule has 1 aromatic carbocycles. The lowest BCUT2D eigenvalue weighted by molar-refractivity contribution is -0.386. The van der Waals surface area contributed by atoms with E-state index in [0.29, 0.717) is 11.1 Å². The first-order valence-corrected chi connectivity index (χ1v) is 5.00. The zero-order valence-electron chi connectivity index (χ0n) is 8.10. The van der Waals surface area contributed by atoms with Gasteiger partial charge in [-0.05, 0) is 28.1 Å². The third-order valence-corrected chi connectivity index (χ3v) is 2.32. The minimum absolute atomic E-state index is 0.0615. The number of nitro benzene ring substituents is 1. The van der Waals surface area contributed by atoms with Crippen molar-refractivity contribution in [2.45, 2.75) is 0 Å². The van der Waals surface area contributed by atoms with Crippen molar-refractivity contribution in [1.82, 2.24) is 0 Å². The van der Waals surface area contributed by atoms with Gasteiger partial charge in [0.2, 0.25) is 0 Å². The van der Waals surface area contributed by atoms with Gasteiger partial charge in [-0.3, -0.25) is 10.1 Å². The topological polar surface area (TPSA) is 61.6 Å². The SMILES string of the molecule is COCCOc1cccc(Br)c1[N+](=O)[O-]. The molecule has 0 saturated heterocycles. The van der Waals surface area contributed by atoms with Gasteiger partial charge in [-0.25, -0.2) is 0 Å². The van der Waals surface area contributed by atoms with Crippen molar-refractivity contribution in [2.75, 3.05) is 20.3 Å². The highest BCUT2D eigenvalue weighted by atomic mass is 79.9. The van der Waals surface area contributed by atoms with E-state index in [9.17, 15) is 10.1 Å². The highest BCUT2D eigenvalue weighted by Crippen LogP contribution is 2.34. The molecule has 0 aliphatic rings. The number of benzene rings is 1. The highest BCUT2D eigenvalue weighted by molar-refractivity contribution is 9.10. The number of hydrogen-bond donors (Lipinski definition) is 0. The Morgan fingerprint density at radius 2 is 2.20 bits per heavy atom. The lowest BCUT2D eigenvalue weighted by Crippen LogP contribution is -2.06. The summed E-state index contributed by atoms with van der Waals surface area (Å²) < 4.78 is 10.4. The Labute approximate surface area is 95.3 Å². The first kappa shape index (κ1) is 11.9. The number of methoxy groups -OCH3 is 1. The van der Waals surface area contributed by atoms with E-state index in [0.717, 1.165) is 0 Å². The van der Waals surface area contributed by atoms with Gasteiger partial charge in [0.25, 0.3) is 0 Å². The van der Waals surface area contributed by atoms with Crippen molar-refractivity contribution in [2.24, 2.45) is 0 Å². The molecule has 0 unspecified atom stereocenters. The molecule has 0 amide bonds. The average molecular weight is 276 g/mol. The van der Waals surface area contributed by atoms with Crippen LogP contribution in [0.15, 0.2) is 22.7 Å². The summed E-state index contributed by atoms with van der Waals surface area (Å²) in [5.41, 5.74) is -0.0615. The molecule has 1 rings (SSSR count). The van der Waals surface area contributed by atoms with Gasteiger partial charge in [0.15, 0.2) is 5.75 Å². The Bertz CT molecular complexity index is 356. The summed E-state index contributed by atoms with van der Waals surface area (Å²) in [4.78, 5) is 10.3. The van der Waals surface area contributed by atoms with E-state index in [1.807, 2.05) is 0 Å². The minimum atomic E-state index is -0.480. The second-order valence-corrected chi connectivity index (χ2v) is 3.54. The van der Waals surface area contributed by atoms with E-state index in [2.05, 4.69) is 15.9 Å². The van der Waals surface area contributed by atoms with Crippen LogP contribution in [0.5, 0.6) is 5.75 Å². The van der Waals surface area contributed by atoms with Gasteiger partial charge in [0.1, 0.15) is 6.61 Å². The molecule has 0 spiro atoms. The maximum Gasteiger partial charge on any atom is 0.324 e. The quantitative estimate of drug-likeness (QED) is 0.470. The average Bonchev–Trinajstić information content (AvgIpc) is 2.17. The maximum atomic E-state index is 10.7. The second-order valence-electron chi connectivity index (χ2n) is 2.68. The molecular formula is C9H10BrNO4. The molecule has 0 aliphatic heterocycles. The van der Waals surface area contributed by atoms with Gasteiger partial charge in [-0.1, -0.05) is 6.07 Å². The number of hydrogen-bond acceptors (Lipinski definition) is 4. The summed E-state index contributed by atoms with van der Waals surface area (Å²) in [6.07, 6.45) is 0. The van der Waals surface area contributed by atoms with Gasteiger partial charge in [-0.15, -0.1) is 0 Å². The fourth-order valence-electron chi connectivity index (χ4n) is 1.02. The number of nitrogens with zero attached hydrogens (tertiary/aromatic N) is 1. The van der Waals surface area contributed by atoms with Crippen LogP contribution in [0.25, 0.3) is 0 Å². The third kappa shape index (κ3) is 3.17. The molecule has 15 heavy (non-hydrogen) atoms. The van der Waals surface area contributed by atoms with Crippen LogP contribution in [0.2, 0.25) is 0 Å². The zero-order valence-corrected chi connectivity index (χ0v) is 9.69. The van der Waals surface area contributed by atoms with E-state index < -0.39 is 4.92 Å². The number of ether oxygens (including phenoxy) is 2. The van der Waals surface area contributed by atoms with Crippen molar-refractivity contribution in [1.29, 1.82) is 0 Å². The van der Waals surface area contributed by atoms with Gasteiger partial charge >= 0.3 is 5.69 Å². The van der Waals surface area contributed by atoms with Crippen molar-refractivity contribution >= 4 is 21.6 Å². The van der Waals surface area contributed by atoms with Gasteiger partial charge in [0, 0.05) is 7.11 Å². The second kappa shape index (κ2) is 5.67. The lowest BCUT2D eigenvalue weighted by Gasteiger charge is -2.06. The van der Waals surface area contributed by atoms with Gasteiger partial charge < -0.3 is 9.47 Å². The van der Waals surface area contributed by atoms with Crippen molar-refractivity contribution < 1.29 is 14.4 Å². The fourth-order valence-corrected chi connectivity index (χ4v) is 1.52. The van der Waals surface area contributed by atoms with E-state index in [-0.39, 0.29) is 18.0 Å². The Kier molecular flexibility index (Phi) is 4.51. The molecule has 0 radical (unpaired) electrons. The molecule has 6 heteroatoms. The Hall–Kier alpha value is -1.14. The Morgan fingerprint density at radius 1 is 1.47 bits per heavy atom. The maximum absolute atomic E-state index is 10.7. The van der Waals surface area contributed by atoms with Crippen molar-refractivity contribution in [3.8, 4) is 5.75 Å². The largest absolute Gasteiger partial charge is 0.484 e. The van der Waals surface area contributed by atoms with E-state index in [1.54, 1.807) is 25.3 Å². The number of halogens is 1. The zero-order chi connectivity index (χ0) is 11.3. The summed E-state index contributed by atoms with van der Waals surface area (Å²) in [6.45, 7) is 0.678. The summed E-state index contributed by atoms with van der Waals surface area (Å²) in [5.74, 6) is 0.242. The van der Waals surface area contributed by atoms with Gasteiger partial charge in [-0.2, -0.15) is 0 Å². The normalized spacial score (nSPS) is 10.0. The smallest absolute Gasteiger partial charge is 0.324 e. The molecule has 0 aromatic heterocycles. The van der Waals surface area contributed by atoms with Gasteiger partial charge in [0.05, 0.1) is 16.0 Å². The molecule has 5 nitrogen and oxygen atoms in total.